The van der Waals surface area contributed by atoms with E-state index >= 15 is 0 Å². The third kappa shape index (κ3) is 6.64. The van der Waals surface area contributed by atoms with Crippen LogP contribution in [0.15, 0.2) is 18.2 Å². The van der Waals surface area contributed by atoms with Crippen LogP contribution in [0.5, 0.6) is 0 Å². The van der Waals surface area contributed by atoms with Crippen molar-refractivity contribution >= 4 is 23.4 Å². The minimum Gasteiger partial charge on any atom is -0.313 e. The van der Waals surface area contributed by atoms with Gasteiger partial charge in [0.1, 0.15) is 5.82 Å². The SMILES string of the molecule is CCNC(CSCC(C)C)Cc1ccc(F)cc1Cl. The fraction of sp³-hybridized carbons (Fsp3) is 0.600. The summed E-state index contributed by atoms with van der Waals surface area (Å²) in [6, 6.07) is 5.04. The largest absolute Gasteiger partial charge is 0.313 e. The maximum absolute atomic E-state index is 13.0. The quantitative estimate of drug-likeness (QED) is 0.764. The molecule has 19 heavy (non-hydrogen) atoms. The first-order valence-corrected chi connectivity index (χ1v) is 8.31. The van der Waals surface area contributed by atoms with E-state index in [2.05, 4.69) is 26.1 Å². The van der Waals surface area contributed by atoms with Crippen molar-refractivity contribution in [3.8, 4) is 0 Å². The van der Waals surface area contributed by atoms with E-state index < -0.39 is 0 Å². The normalized spacial score (nSPS) is 12.9. The molecule has 0 aliphatic rings. The summed E-state index contributed by atoms with van der Waals surface area (Å²) in [5.41, 5.74) is 1.01. The van der Waals surface area contributed by atoms with Crippen LogP contribution in [0.2, 0.25) is 5.02 Å². The second kappa shape index (κ2) is 8.83. The monoisotopic (exact) mass is 303 g/mol. The Balaban J connectivity index is 2.56. The maximum Gasteiger partial charge on any atom is 0.124 e. The number of likely N-dealkylation sites (N-methyl/N-ethyl adjacent to an activating group) is 1. The van der Waals surface area contributed by atoms with Crippen molar-refractivity contribution in [2.24, 2.45) is 5.92 Å². The van der Waals surface area contributed by atoms with E-state index in [0.29, 0.717) is 17.0 Å². The summed E-state index contributed by atoms with van der Waals surface area (Å²) in [4.78, 5) is 0. The number of halogens is 2. The van der Waals surface area contributed by atoms with Gasteiger partial charge < -0.3 is 5.32 Å². The third-order valence-corrected chi connectivity index (χ3v) is 4.64. The van der Waals surface area contributed by atoms with Crippen molar-refractivity contribution in [3.63, 3.8) is 0 Å². The Kier molecular flexibility index (Phi) is 7.81. The molecule has 0 heterocycles. The molecular formula is C15H23ClFNS. The Hall–Kier alpha value is -0.250. The zero-order valence-electron chi connectivity index (χ0n) is 11.9. The van der Waals surface area contributed by atoms with Gasteiger partial charge in [-0.1, -0.05) is 38.4 Å². The van der Waals surface area contributed by atoms with Crippen molar-refractivity contribution in [2.45, 2.75) is 33.2 Å². The molecule has 0 spiro atoms. The number of benzene rings is 1. The van der Waals surface area contributed by atoms with Gasteiger partial charge >= 0.3 is 0 Å². The highest BCUT2D eigenvalue weighted by atomic mass is 35.5. The van der Waals surface area contributed by atoms with E-state index in [1.54, 1.807) is 6.07 Å². The number of hydrogen-bond donors (Lipinski definition) is 1. The first-order chi connectivity index (χ1) is 9.02. The Morgan fingerprint density at radius 1 is 1.32 bits per heavy atom. The molecule has 1 rings (SSSR count). The van der Waals surface area contributed by atoms with Gasteiger partial charge in [0, 0.05) is 16.8 Å². The van der Waals surface area contributed by atoms with E-state index in [0.717, 1.165) is 24.3 Å². The van der Waals surface area contributed by atoms with Gasteiger partial charge in [0.15, 0.2) is 0 Å². The summed E-state index contributed by atoms with van der Waals surface area (Å²) in [6.07, 6.45) is 0.845. The maximum atomic E-state index is 13.0. The fourth-order valence-electron chi connectivity index (χ4n) is 1.88. The predicted octanol–water partition coefficient (Wildman–Crippen LogP) is 4.39. The van der Waals surface area contributed by atoms with Gasteiger partial charge in [0.25, 0.3) is 0 Å². The van der Waals surface area contributed by atoms with Crippen molar-refractivity contribution in [2.75, 3.05) is 18.1 Å². The van der Waals surface area contributed by atoms with E-state index in [9.17, 15) is 4.39 Å². The van der Waals surface area contributed by atoms with Crippen LogP contribution in [0.4, 0.5) is 4.39 Å². The summed E-state index contributed by atoms with van der Waals surface area (Å²) in [7, 11) is 0. The van der Waals surface area contributed by atoms with Gasteiger partial charge in [0.2, 0.25) is 0 Å². The number of thioether (sulfide) groups is 1. The molecule has 1 atom stereocenters. The van der Waals surface area contributed by atoms with Gasteiger partial charge in [-0.2, -0.15) is 11.8 Å². The van der Waals surface area contributed by atoms with Gasteiger partial charge in [-0.05, 0) is 42.3 Å². The molecule has 1 N–H and O–H groups in total. The standard InChI is InChI=1S/C15H23ClFNS/c1-4-18-14(10-19-9-11(2)3)7-12-5-6-13(17)8-15(12)16/h5-6,8,11,14,18H,4,7,9-10H2,1-3H3. The van der Waals surface area contributed by atoms with Crippen LogP contribution in [-0.4, -0.2) is 24.1 Å². The second-order valence-corrected chi connectivity index (χ2v) is 6.61. The average Bonchev–Trinajstić information content (AvgIpc) is 2.32. The van der Waals surface area contributed by atoms with Gasteiger partial charge in [-0.15, -0.1) is 0 Å². The summed E-state index contributed by atoms with van der Waals surface area (Å²) in [5, 5.41) is 4.00. The molecule has 108 valence electrons. The summed E-state index contributed by atoms with van der Waals surface area (Å²) < 4.78 is 13.0. The molecule has 0 saturated carbocycles. The van der Waals surface area contributed by atoms with Crippen LogP contribution in [0.3, 0.4) is 0 Å². The smallest absolute Gasteiger partial charge is 0.124 e. The van der Waals surface area contributed by atoms with Crippen LogP contribution in [0.25, 0.3) is 0 Å². The topological polar surface area (TPSA) is 12.0 Å². The molecule has 0 aromatic heterocycles. The van der Waals surface area contributed by atoms with Crippen LogP contribution in [-0.2, 0) is 6.42 Å². The van der Waals surface area contributed by atoms with Crippen LogP contribution in [0.1, 0.15) is 26.3 Å². The number of rotatable bonds is 8. The Morgan fingerprint density at radius 2 is 2.05 bits per heavy atom. The van der Waals surface area contributed by atoms with Crippen molar-refractivity contribution in [3.05, 3.63) is 34.6 Å². The van der Waals surface area contributed by atoms with E-state index in [1.165, 1.54) is 17.9 Å². The molecule has 0 aliphatic heterocycles. The number of hydrogen-bond acceptors (Lipinski definition) is 2. The highest BCUT2D eigenvalue weighted by Crippen LogP contribution is 2.20. The molecule has 0 radical (unpaired) electrons. The molecule has 0 saturated heterocycles. The zero-order valence-corrected chi connectivity index (χ0v) is 13.5. The molecule has 0 aliphatic carbocycles. The Bertz CT molecular complexity index is 384. The highest BCUT2D eigenvalue weighted by Gasteiger charge is 2.11. The van der Waals surface area contributed by atoms with Crippen molar-refractivity contribution in [1.82, 2.24) is 5.32 Å². The predicted molar refractivity (Wildman–Crippen MR) is 84.7 cm³/mol. The molecule has 4 heteroatoms. The third-order valence-electron chi connectivity index (χ3n) is 2.74. The van der Waals surface area contributed by atoms with E-state index in [-0.39, 0.29) is 5.82 Å². The molecule has 0 amide bonds. The van der Waals surface area contributed by atoms with Gasteiger partial charge in [0.05, 0.1) is 0 Å². The van der Waals surface area contributed by atoms with E-state index in [1.807, 2.05) is 11.8 Å². The highest BCUT2D eigenvalue weighted by molar-refractivity contribution is 7.99. The molecule has 1 aromatic carbocycles. The van der Waals surface area contributed by atoms with Crippen molar-refractivity contribution < 1.29 is 4.39 Å². The minimum atomic E-state index is -0.275. The summed E-state index contributed by atoms with van der Waals surface area (Å²) >= 11 is 8.04. The number of nitrogens with one attached hydrogen (secondary N) is 1. The fourth-order valence-corrected chi connectivity index (χ4v) is 3.25. The van der Waals surface area contributed by atoms with Gasteiger partial charge in [-0.25, -0.2) is 4.39 Å². The summed E-state index contributed by atoms with van der Waals surface area (Å²) in [5.74, 6) is 2.66. The molecule has 1 aromatic rings. The van der Waals surface area contributed by atoms with Crippen molar-refractivity contribution in [1.29, 1.82) is 0 Å². The summed E-state index contributed by atoms with van der Waals surface area (Å²) in [6.45, 7) is 7.50. The lowest BCUT2D eigenvalue weighted by molar-refractivity contribution is 0.570. The Labute approximate surface area is 125 Å². The van der Waals surface area contributed by atoms with Gasteiger partial charge in [-0.3, -0.25) is 0 Å². The molecular weight excluding hydrogens is 281 g/mol. The van der Waals surface area contributed by atoms with Crippen LogP contribution < -0.4 is 5.32 Å². The first-order valence-electron chi connectivity index (χ1n) is 6.78. The lowest BCUT2D eigenvalue weighted by Gasteiger charge is -2.19. The Morgan fingerprint density at radius 3 is 2.63 bits per heavy atom. The lowest BCUT2D eigenvalue weighted by atomic mass is 10.1. The van der Waals surface area contributed by atoms with Crippen LogP contribution in [0, 0.1) is 11.7 Å². The first kappa shape index (κ1) is 16.8. The van der Waals surface area contributed by atoms with E-state index in [4.69, 9.17) is 11.6 Å². The average molecular weight is 304 g/mol. The van der Waals surface area contributed by atoms with Crippen LogP contribution >= 0.6 is 23.4 Å². The lowest BCUT2D eigenvalue weighted by Crippen LogP contribution is -2.33. The molecule has 0 bridgehead atoms. The zero-order chi connectivity index (χ0) is 14.3. The second-order valence-electron chi connectivity index (χ2n) is 5.13. The molecule has 1 nitrogen and oxygen atoms in total. The molecule has 1 unspecified atom stereocenters. The molecule has 0 fully saturated rings. The minimum absolute atomic E-state index is 0.275.